The van der Waals surface area contributed by atoms with E-state index in [9.17, 15) is 4.79 Å². The van der Waals surface area contributed by atoms with Crippen LogP contribution in [0.2, 0.25) is 0 Å². The van der Waals surface area contributed by atoms with Gasteiger partial charge in [0.2, 0.25) is 0 Å². The largest absolute Gasteiger partial charge is 0.497 e. The molecule has 0 fully saturated rings. The summed E-state index contributed by atoms with van der Waals surface area (Å²) in [4.78, 5) is 11.7. The van der Waals surface area contributed by atoms with E-state index in [-0.39, 0.29) is 5.97 Å². The third-order valence-corrected chi connectivity index (χ3v) is 9.60. The SMILES string of the molecule is COc1ccc2cc(C3(c4ccc5cc(OC(C)=O)ccc5c4)c4cc(C)c(C)cc4-c4cc5ccccc5cc43)ccc2c1. The van der Waals surface area contributed by atoms with Crippen LogP contribution in [0.25, 0.3) is 43.4 Å². The van der Waals surface area contributed by atoms with Gasteiger partial charge in [0.05, 0.1) is 12.5 Å². The van der Waals surface area contributed by atoms with Crippen molar-refractivity contribution in [2.24, 2.45) is 0 Å². The predicted molar refractivity (Wildman–Crippen MR) is 184 cm³/mol. The van der Waals surface area contributed by atoms with Crippen molar-refractivity contribution in [3.8, 4) is 22.6 Å². The maximum atomic E-state index is 11.7. The molecule has 1 aliphatic rings. The highest BCUT2D eigenvalue weighted by atomic mass is 16.5. The van der Waals surface area contributed by atoms with E-state index in [4.69, 9.17) is 9.47 Å². The molecule has 0 saturated heterocycles. The van der Waals surface area contributed by atoms with Gasteiger partial charge < -0.3 is 9.47 Å². The molecule has 8 rings (SSSR count). The zero-order chi connectivity index (χ0) is 30.9. The van der Waals surface area contributed by atoms with Crippen molar-refractivity contribution < 1.29 is 14.3 Å². The Labute approximate surface area is 262 Å². The lowest BCUT2D eigenvalue weighted by Crippen LogP contribution is -2.28. The Morgan fingerprint density at radius 1 is 0.533 bits per heavy atom. The summed E-state index contributed by atoms with van der Waals surface area (Å²) < 4.78 is 11.0. The number of rotatable bonds is 4. The van der Waals surface area contributed by atoms with Gasteiger partial charge in [0.25, 0.3) is 0 Å². The van der Waals surface area contributed by atoms with E-state index in [0.717, 1.165) is 21.9 Å². The van der Waals surface area contributed by atoms with Gasteiger partial charge in [0.1, 0.15) is 11.5 Å². The van der Waals surface area contributed by atoms with Crippen LogP contribution in [0.15, 0.2) is 121 Å². The van der Waals surface area contributed by atoms with Gasteiger partial charge >= 0.3 is 5.97 Å². The molecule has 0 spiro atoms. The van der Waals surface area contributed by atoms with Gasteiger partial charge in [-0.15, -0.1) is 0 Å². The highest BCUT2D eigenvalue weighted by Crippen LogP contribution is 2.58. The maximum absolute atomic E-state index is 11.7. The van der Waals surface area contributed by atoms with Crippen molar-refractivity contribution in [1.82, 2.24) is 0 Å². The fourth-order valence-electron chi connectivity index (χ4n) is 7.33. The minimum atomic E-state index is -0.565. The number of benzene rings is 7. The zero-order valence-electron chi connectivity index (χ0n) is 25.8. The van der Waals surface area contributed by atoms with Crippen LogP contribution in [-0.4, -0.2) is 13.1 Å². The summed E-state index contributed by atoms with van der Waals surface area (Å²) in [6, 6.07) is 43.9. The van der Waals surface area contributed by atoms with Crippen LogP contribution < -0.4 is 9.47 Å². The molecule has 218 valence electrons. The molecule has 7 aromatic carbocycles. The number of carbonyl (C=O) groups excluding carboxylic acids is 1. The third kappa shape index (κ3) is 4.15. The van der Waals surface area contributed by atoms with E-state index in [0.29, 0.717) is 5.75 Å². The summed E-state index contributed by atoms with van der Waals surface area (Å²) in [5, 5.41) is 6.88. The maximum Gasteiger partial charge on any atom is 0.308 e. The van der Waals surface area contributed by atoms with Crippen LogP contribution in [-0.2, 0) is 10.2 Å². The summed E-state index contributed by atoms with van der Waals surface area (Å²) in [6.07, 6.45) is 0. The fraction of sp³-hybridized carbons (Fsp3) is 0.119. The fourth-order valence-corrected chi connectivity index (χ4v) is 7.33. The van der Waals surface area contributed by atoms with Crippen molar-refractivity contribution in [2.75, 3.05) is 7.11 Å². The first kappa shape index (κ1) is 27.2. The van der Waals surface area contributed by atoms with Crippen LogP contribution in [0.1, 0.15) is 40.3 Å². The molecule has 1 aliphatic carbocycles. The van der Waals surface area contributed by atoms with E-state index < -0.39 is 5.41 Å². The standard InChI is InChI=1S/C42H32O3/c1-25-17-38-39-23-28-7-5-6-8-29(28)24-41(39)42(40(38)18-26(25)2,34-13-9-32-21-36(44-4)15-11-30(32)19-34)35-14-10-33-22-37(45-27(3)43)16-12-31(33)20-35/h5-24H,1-4H3. The topological polar surface area (TPSA) is 35.5 Å². The number of esters is 1. The molecule has 0 N–H and O–H groups in total. The van der Waals surface area contributed by atoms with Gasteiger partial charge in [-0.3, -0.25) is 4.79 Å². The molecule has 3 heteroatoms. The van der Waals surface area contributed by atoms with E-state index in [2.05, 4.69) is 117 Å². The smallest absolute Gasteiger partial charge is 0.308 e. The van der Waals surface area contributed by atoms with Gasteiger partial charge in [0, 0.05) is 6.92 Å². The highest BCUT2D eigenvalue weighted by Gasteiger charge is 2.46. The lowest BCUT2D eigenvalue weighted by Gasteiger charge is -2.35. The Hall–Kier alpha value is -5.41. The Balaban J connectivity index is 1.49. The Bertz CT molecular complexity index is 2350. The van der Waals surface area contributed by atoms with Crippen LogP contribution in [0.3, 0.4) is 0 Å². The van der Waals surface area contributed by atoms with Crippen LogP contribution in [0, 0.1) is 13.8 Å². The number of methoxy groups -OCH3 is 1. The molecule has 0 radical (unpaired) electrons. The van der Waals surface area contributed by atoms with Gasteiger partial charge in [0.15, 0.2) is 0 Å². The first-order valence-electron chi connectivity index (χ1n) is 15.3. The minimum Gasteiger partial charge on any atom is -0.497 e. The van der Waals surface area contributed by atoms with E-state index in [1.807, 2.05) is 18.2 Å². The first-order chi connectivity index (χ1) is 21.8. The molecule has 0 aliphatic heterocycles. The monoisotopic (exact) mass is 584 g/mol. The molecule has 0 amide bonds. The van der Waals surface area contributed by atoms with Crippen LogP contribution in [0.5, 0.6) is 11.5 Å². The third-order valence-electron chi connectivity index (χ3n) is 9.60. The average molecular weight is 585 g/mol. The van der Waals surface area contributed by atoms with Gasteiger partial charge in [-0.05, 0) is 139 Å². The lowest BCUT2D eigenvalue weighted by molar-refractivity contribution is -0.131. The van der Waals surface area contributed by atoms with Crippen LogP contribution >= 0.6 is 0 Å². The molecule has 3 nitrogen and oxygen atoms in total. The van der Waals surface area contributed by atoms with Gasteiger partial charge in [-0.2, -0.15) is 0 Å². The highest BCUT2D eigenvalue weighted by molar-refractivity contribution is 5.98. The van der Waals surface area contributed by atoms with E-state index in [1.165, 1.54) is 67.6 Å². The number of aryl methyl sites for hydroxylation is 2. The molecule has 0 heterocycles. The van der Waals surface area contributed by atoms with Crippen molar-refractivity contribution in [3.05, 3.63) is 155 Å². The number of carbonyl (C=O) groups is 1. The molecule has 0 aromatic heterocycles. The number of hydrogen-bond acceptors (Lipinski definition) is 3. The van der Waals surface area contributed by atoms with Crippen molar-refractivity contribution in [2.45, 2.75) is 26.2 Å². The Morgan fingerprint density at radius 2 is 1.02 bits per heavy atom. The molecule has 0 saturated carbocycles. The number of fused-ring (bicyclic) bond motifs is 6. The summed E-state index contributed by atoms with van der Waals surface area (Å²) in [5.41, 5.74) is 9.52. The normalized spacial score (nSPS) is 15.3. The first-order valence-corrected chi connectivity index (χ1v) is 15.3. The molecule has 1 unspecified atom stereocenters. The molecule has 45 heavy (non-hydrogen) atoms. The lowest BCUT2D eigenvalue weighted by atomic mass is 9.66. The van der Waals surface area contributed by atoms with Gasteiger partial charge in [-0.1, -0.05) is 72.8 Å². The second kappa shape index (κ2) is 10.1. The van der Waals surface area contributed by atoms with Crippen LogP contribution in [0.4, 0.5) is 0 Å². The molecular formula is C42H32O3. The Kier molecular flexibility index (Phi) is 6.08. The van der Waals surface area contributed by atoms with Crippen molar-refractivity contribution >= 4 is 38.3 Å². The molecular weight excluding hydrogens is 552 g/mol. The summed E-state index contributed by atoms with van der Waals surface area (Å²) >= 11 is 0. The number of ether oxygens (including phenoxy) is 2. The zero-order valence-corrected chi connectivity index (χ0v) is 25.8. The second-order valence-electron chi connectivity index (χ2n) is 12.2. The molecule has 1 atom stereocenters. The van der Waals surface area contributed by atoms with Gasteiger partial charge in [-0.25, -0.2) is 0 Å². The minimum absolute atomic E-state index is 0.323. The summed E-state index contributed by atoms with van der Waals surface area (Å²) in [5.74, 6) is 1.08. The quantitative estimate of drug-likeness (QED) is 0.153. The van der Waals surface area contributed by atoms with E-state index in [1.54, 1.807) is 7.11 Å². The molecule has 7 aromatic rings. The molecule has 0 bridgehead atoms. The number of hydrogen-bond donors (Lipinski definition) is 0. The Morgan fingerprint density at radius 3 is 1.67 bits per heavy atom. The summed E-state index contributed by atoms with van der Waals surface area (Å²) in [7, 11) is 1.71. The van der Waals surface area contributed by atoms with Crippen molar-refractivity contribution in [3.63, 3.8) is 0 Å². The summed E-state index contributed by atoms with van der Waals surface area (Å²) in [6.45, 7) is 5.85. The predicted octanol–water partition coefficient (Wildman–Crippen LogP) is 10.1. The van der Waals surface area contributed by atoms with E-state index >= 15 is 0 Å². The average Bonchev–Trinajstić information content (AvgIpc) is 3.31. The second-order valence-corrected chi connectivity index (χ2v) is 12.2. The van der Waals surface area contributed by atoms with Crippen molar-refractivity contribution in [1.29, 1.82) is 0 Å².